The highest BCUT2D eigenvalue weighted by Gasteiger charge is 2.13. The standard InChI is InChI=1S/C12H17N9/c1-4-15-10-17-11(20(3)6-9(2)5-13)19-12(18-10)21-8-14-7-16-21/h7-9H,4,6H2,1-3H3,(H,15,17,18,19). The van der Waals surface area contributed by atoms with Gasteiger partial charge in [-0.1, -0.05) is 0 Å². The molecule has 1 N–H and O–H groups in total. The van der Waals surface area contributed by atoms with Crippen molar-refractivity contribution >= 4 is 11.9 Å². The van der Waals surface area contributed by atoms with Gasteiger partial charge in [-0.25, -0.2) is 4.98 Å². The van der Waals surface area contributed by atoms with Gasteiger partial charge >= 0.3 is 0 Å². The number of aromatic nitrogens is 6. The second-order valence-corrected chi connectivity index (χ2v) is 4.54. The highest BCUT2D eigenvalue weighted by atomic mass is 15.4. The molecule has 0 saturated carbocycles. The average molecular weight is 287 g/mol. The van der Waals surface area contributed by atoms with Gasteiger partial charge in [0.25, 0.3) is 5.95 Å². The summed E-state index contributed by atoms with van der Waals surface area (Å²) in [6, 6.07) is 2.19. The van der Waals surface area contributed by atoms with Gasteiger partial charge < -0.3 is 10.2 Å². The van der Waals surface area contributed by atoms with E-state index in [0.717, 1.165) is 0 Å². The fourth-order valence-corrected chi connectivity index (χ4v) is 1.71. The molecule has 2 aromatic heterocycles. The third-order valence-electron chi connectivity index (χ3n) is 2.68. The molecular formula is C12H17N9. The Morgan fingerprint density at radius 2 is 2.24 bits per heavy atom. The van der Waals surface area contributed by atoms with Crippen molar-refractivity contribution < 1.29 is 0 Å². The smallest absolute Gasteiger partial charge is 0.258 e. The number of nitriles is 1. The van der Waals surface area contributed by atoms with Crippen LogP contribution < -0.4 is 10.2 Å². The van der Waals surface area contributed by atoms with Crippen LogP contribution in [0.4, 0.5) is 11.9 Å². The summed E-state index contributed by atoms with van der Waals surface area (Å²) in [5, 5.41) is 16.0. The van der Waals surface area contributed by atoms with E-state index in [2.05, 4.69) is 36.4 Å². The zero-order chi connectivity index (χ0) is 15.2. The minimum atomic E-state index is -0.121. The van der Waals surface area contributed by atoms with Gasteiger partial charge in [-0.3, -0.25) is 0 Å². The fourth-order valence-electron chi connectivity index (χ4n) is 1.71. The largest absolute Gasteiger partial charge is 0.354 e. The van der Waals surface area contributed by atoms with Crippen molar-refractivity contribution in [2.75, 3.05) is 30.4 Å². The summed E-state index contributed by atoms with van der Waals surface area (Å²) in [5.74, 6) is 1.20. The SMILES string of the molecule is CCNc1nc(N(C)CC(C)C#N)nc(-n2cncn2)n1. The number of nitrogens with zero attached hydrogens (tertiary/aromatic N) is 8. The van der Waals surface area contributed by atoms with E-state index in [4.69, 9.17) is 5.26 Å². The van der Waals surface area contributed by atoms with Crippen LogP contribution in [0.15, 0.2) is 12.7 Å². The van der Waals surface area contributed by atoms with Crippen molar-refractivity contribution in [3.8, 4) is 12.0 Å². The van der Waals surface area contributed by atoms with Crippen LogP contribution in [0.25, 0.3) is 5.95 Å². The number of hydrogen-bond donors (Lipinski definition) is 1. The fraction of sp³-hybridized carbons (Fsp3) is 0.500. The predicted octanol–water partition coefficient (Wildman–Crippen LogP) is 0.480. The molecule has 21 heavy (non-hydrogen) atoms. The lowest BCUT2D eigenvalue weighted by atomic mass is 10.2. The molecule has 0 saturated heterocycles. The van der Waals surface area contributed by atoms with Crippen molar-refractivity contribution in [2.24, 2.45) is 5.92 Å². The van der Waals surface area contributed by atoms with Crippen LogP contribution in [0.2, 0.25) is 0 Å². The topological polar surface area (TPSA) is 108 Å². The molecular weight excluding hydrogens is 270 g/mol. The van der Waals surface area contributed by atoms with Crippen LogP contribution in [0, 0.1) is 17.2 Å². The number of nitrogens with one attached hydrogen (secondary N) is 1. The molecule has 1 atom stereocenters. The first-order valence-corrected chi connectivity index (χ1v) is 6.59. The lowest BCUT2D eigenvalue weighted by Gasteiger charge is -2.19. The molecule has 9 nitrogen and oxygen atoms in total. The van der Waals surface area contributed by atoms with E-state index < -0.39 is 0 Å². The molecule has 110 valence electrons. The Morgan fingerprint density at radius 3 is 2.86 bits per heavy atom. The molecule has 9 heteroatoms. The first-order chi connectivity index (χ1) is 10.1. The predicted molar refractivity (Wildman–Crippen MR) is 77.0 cm³/mol. The number of rotatable bonds is 6. The van der Waals surface area contributed by atoms with E-state index in [9.17, 15) is 0 Å². The average Bonchev–Trinajstić information content (AvgIpc) is 3.01. The van der Waals surface area contributed by atoms with Crippen molar-refractivity contribution in [3.63, 3.8) is 0 Å². The Hall–Kier alpha value is -2.76. The van der Waals surface area contributed by atoms with Gasteiger partial charge in [0.1, 0.15) is 12.7 Å². The Morgan fingerprint density at radius 1 is 1.43 bits per heavy atom. The first kappa shape index (κ1) is 14.6. The van der Waals surface area contributed by atoms with Gasteiger partial charge in [0.15, 0.2) is 0 Å². The van der Waals surface area contributed by atoms with Crippen LogP contribution in [0.3, 0.4) is 0 Å². The van der Waals surface area contributed by atoms with Crippen LogP contribution in [0.1, 0.15) is 13.8 Å². The van der Waals surface area contributed by atoms with Gasteiger partial charge in [-0.15, -0.1) is 0 Å². The molecule has 2 rings (SSSR count). The maximum absolute atomic E-state index is 8.91. The molecule has 0 radical (unpaired) electrons. The molecule has 0 aromatic carbocycles. The van der Waals surface area contributed by atoms with Crippen LogP contribution >= 0.6 is 0 Å². The van der Waals surface area contributed by atoms with Crippen molar-refractivity contribution in [1.29, 1.82) is 5.26 Å². The van der Waals surface area contributed by atoms with E-state index >= 15 is 0 Å². The molecule has 0 aliphatic heterocycles. The van der Waals surface area contributed by atoms with E-state index in [1.165, 1.54) is 17.3 Å². The van der Waals surface area contributed by atoms with Crippen LogP contribution in [0.5, 0.6) is 0 Å². The number of anilines is 2. The molecule has 0 aliphatic carbocycles. The minimum Gasteiger partial charge on any atom is -0.354 e. The molecule has 0 fully saturated rings. The van der Waals surface area contributed by atoms with Gasteiger partial charge in [-0.05, 0) is 13.8 Å². The number of hydrogen-bond acceptors (Lipinski definition) is 8. The van der Waals surface area contributed by atoms with Gasteiger partial charge in [-0.2, -0.15) is 30.0 Å². The Labute approximate surface area is 122 Å². The van der Waals surface area contributed by atoms with Gasteiger partial charge in [0.2, 0.25) is 11.9 Å². The van der Waals surface area contributed by atoms with Crippen molar-refractivity contribution in [2.45, 2.75) is 13.8 Å². The highest BCUT2D eigenvalue weighted by Crippen LogP contribution is 2.12. The van der Waals surface area contributed by atoms with Gasteiger partial charge in [0.05, 0.1) is 12.0 Å². The third-order valence-corrected chi connectivity index (χ3v) is 2.68. The van der Waals surface area contributed by atoms with Crippen molar-refractivity contribution in [3.05, 3.63) is 12.7 Å². The van der Waals surface area contributed by atoms with E-state index in [0.29, 0.717) is 30.9 Å². The van der Waals surface area contributed by atoms with E-state index in [-0.39, 0.29) is 5.92 Å². The first-order valence-electron chi connectivity index (χ1n) is 6.59. The normalized spacial score (nSPS) is 11.7. The zero-order valence-electron chi connectivity index (χ0n) is 12.2. The molecule has 0 spiro atoms. The van der Waals surface area contributed by atoms with Gasteiger partial charge in [0, 0.05) is 20.1 Å². The Bertz CT molecular complexity index is 616. The maximum Gasteiger partial charge on any atom is 0.258 e. The summed E-state index contributed by atoms with van der Waals surface area (Å²) < 4.78 is 1.47. The maximum atomic E-state index is 8.91. The summed E-state index contributed by atoms with van der Waals surface area (Å²) in [6.07, 6.45) is 2.94. The summed E-state index contributed by atoms with van der Waals surface area (Å²) in [5.41, 5.74) is 0. The van der Waals surface area contributed by atoms with Crippen LogP contribution in [-0.2, 0) is 0 Å². The zero-order valence-corrected chi connectivity index (χ0v) is 12.2. The lowest BCUT2D eigenvalue weighted by Crippen LogP contribution is -2.26. The summed E-state index contributed by atoms with van der Waals surface area (Å²) in [4.78, 5) is 18.7. The quantitative estimate of drug-likeness (QED) is 0.817. The molecule has 0 bridgehead atoms. The molecule has 0 amide bonds. The second-order valence-electron chi connectivity index (χ2n) is 4.54. The Kier molecular flexibility index (Phi) is 4.61. The third kappa shape index (κ3) is 3.62. The summed E-state index contributed by atoms with van der Waals surface area (Å²) in [6.45, 7) is 5.03. The van der Waals surface area contributed by atoms with E-state index in [1.807, 2.05) is 25.8 Å². The monoisotopic (exact) mass is 287 g/mol. The highest BCUT2D eigenvalue weighted by molar-refractivity contribution is 5.39. The minimum absolute atomic E-state index is 0.121. The summed E-state index contributed by atoms with van der Waals surface area (Å²) >= 11 is 0. The van der Waals surface area contributed by atoms with Crippen LogP contribution in [-0.4, -0.2) is 49.9 Å². The molecule has 1 unspecified atom stereocenters. The molecule has 2 heterocycles. The van der Waals surface area contributed by atoms with Crippen molar-refractivity contribution in [1.82, 2.24) is 29.7 Å². The van der Waals surface area contributed by atoms with E-state index in [1.54, 1.807) is 0 Å². The molecule has 0 aliphatic rings. The Balaban J connectivity index is 2.34. The second kappa shape index (κ2) is 6.60. The molecule has 2 aromatic rings. The lowest BCUT2D eigenvalue weighted by molar-refractivity contribution is 0.694. The summed E-state index contributed by atoms with van der Waals surface area (Å²) in [7, 11) is 1.84.